The summed E-state index contributed by atoms with van der Waals surface area (Å²) in [5.74, 6) is 0.606. The summed E-state index contributed by atoms with van der Waals surface area (Å²) in [4.78, 5) is 35.5. The molecule has 0 saturated heterocycles. The van der Waals surface area contributed by atoms with Gasteiger partial charge in [0.25, 0.3) is 5.56 Å². The monoisotopic (exact) mass is 325 g/mol. The van der Waals surface area contributed by atoms with Gasteiger partial charge in [-0.3, -0.25) is 13.9 Å². The van der Waals surface area contributed by atoms with Crippen molar-refractivity contribution >= 4 is 17.0 Å². The standard InChI is InChI=1S/C17H19N5O2/c1-10-6-8-11(9-7-10)12-14(20(2)3)19-15-13(18-12)16(23)22(5)17(24)21(15)4/h6-9H,1-5H3. The van der Waals surface area contributed by atoms with E-state index >= 15 is 0 Å². The Balaban J connectivity index is 2.45. The average molecular weight is 325 g/mol. The molecule has 0 aliphatic heterocycles. The van der Waals surface area contributed by atoms with Gasteiger partial charge in [-0.05, 0) is 6.92 Å². The molecule has 124 valence electrons. The van der Waals surface area contributed by atoms with Crippen LogP contribution in [-0.2, 0) is 14.1 Å². The van der Waals surface area contributed by atoms with E-state index < -0.39 is 11.2 Å². The molecule has 7 nitrogen and oxygen atoms in total. The first-order valence-corrected chi connectivity index (χ1v) is 7.53. The Labute approximate surface area is 138 Å². The van der Waals surface area contributed by atoms with Gasteiger partial charge in [-0.15, -0.1) is 0 Å². The smallest absolute Gasteiger partial charge is 0.332 e. The minimum absolute atomic E-state index is 0.181. The van der Waals surface area contributed by atoms with Crippen molar-refractivity contribution in [2.45, 2.75) is 6.92 Å². The molecule has 0 amide bonds. The Morgan fingerprint density at radius 1 is 0.958 bits per heavy atom. The first kappa shape index (κ1) is 15.9. The van der Waals surface area contributed by atoms with Crippen molar-refractivity contribution < 1.29 is 0 Å². The highest BCUT2D eigenvalue weighted by atomic mass is 16.2. The van der Waals surface area contributed by atoms with Gasteiger partial charge in [0.1, 0.15) is 5.69 Å². The molecule has 3 rings (SSSR count). The van der Waals surface area contributed by atoms with Crippen molar-refractivity contribution in [3.05, 3.63) is 50.7 Å². The predicted molar refractivity (Wildman–Crippen MR) is 94.5 cm³/mol. The molecular formula is C17H19N5O2. The number of hydrogen-bond donors (Lipinski definition) is 0. The molecule has 2 aromatic heterocycles. The maximum absolute atomic E-state index is 12.5. The van der Waals surface area contributed by atoms with E-state index in [1.165, 1.54) is 11.6 Å². The maximum atomic E-state index is 12.5. The summed E-state index contributed by atoms with van der Waals surface area (Å²) in [6.07, 6.45) is 0. The van der Waals surface area contributed by atoms with Crippen LogP contribution >= 0.6 is 0 Å². The lowest BCUT2D eigenvalue weighted by Crippen LogP contribution is -2.38. The fraction of sp³-hybridized carbons (Fsp3) is 0.294. The van der Waals surface area contributed by atoms with E-state index in [1.807, 2.05) is 50.2 Å². The quantitative estimate of drug-likeness (QED) is 0.705. The molecule has 24 heavy (non-hydrogen) atoms. The topological polar surface area (TPSA) is 73.0 Å². The molecule has 1 aromatic carbocycles. The van der Waals surface area contributed by atoms with Crippen molar-refractivity contribution in [2.75, 3.05) is 19.0 Å². The van der Waals surface area contributed by atoms with E-state index in [4.69, 9.17) is 0 Å². The predicted octanol–water partition coefficient (Wildman–Crippen LogP) is 1.07. The molecule has 0 fully saturated rings. The highest BCUT2D eigenvalue weighted by Gasteiger charge is 2.18. The number of rotatable bonds is 2. The first-order valence-electron chi connectivity index (χ1n) is 7.53. The van der Waals surface area contributed by atoms with E-state index in [1.54, 1.807) is 7.05 Å². The van der Waals surface area contributed by atoms with Gasteiger partial charge >= 0.3 is 5.69 Å². The maximum Gasteiger partial charge on any atom is 0.332 e. The third-order valence-electron chi connectivity index (χ3n) is 4.01. The van der Waals surface area contributed by atoms with Gasteiger partial charge in [-0.2, -0.15) is 0 Å². The molecule has 0 radical (unpaired) electrons. The highest BCUT2D eigenvalue weighted by Crippen LogP contribution is 2.27. The summed E-state index contributed by atoms with van der Waals surface area (Å²) >= 11 is 0. The SMILES string of the molecule is Cc1ccc(-c2nc3c(=O)n(C)c(=O)n(C)c3nc2N(C)C)cc1. The average Bonchev–Trinajstić information content (AvgIpc) is 2.57. The van der Waals surface area contributed by atoms with Gasteiger partial charge in [0, 0.05) is 33.8 Å². The van der Waals surface area contributed by atoms with E-state index in [-0.39, 0.29) is 11.2 Å². The number of benzene rings is 1. The molecule has 0 aliphatic rings. The molecule has 0 saturated carbocycles. The van der Waals surface area contributed by atoms with Gasteiger partial charge in [-0.25, -0.2) is 14.8 Å². The molecule has 0 spiro atoms. The van der Waals surface area contributed by atoms with Crippen LogP contribution in [0.1, 0.15) is 5.56 Å². The first-order chi connectivity index (χ1) is 11.3. The Kier molecular flexibility index (Phi) is 3.71. The molecule has 0 N–H and O–H groups in total. The lowest BCUT2D eigenvalue weighted by Gasteiger charge is -2.17. The third kappa shape index (κ3) is 2.38. The van der Waals surface area contributed by atoms with Crippen LogP contribution in [0.5, 0.6) is 0 Å². The number of aromatic nitrogens is 4. The van der Waals surface area contributed by atoms with Gasteiger partial charge in [0.2, 0.25) is 0 Å². The largest absolute Gasteiger partial charge is 0.361 e. The Bertz CT molecular complexity index is 1050. The van der Waals surface area contributed by atoms with Crippen LogP contribution in [0, 0.1) is 6.92 Å². The van der Waals surface area contributed by atoms with Gasteiger partial charge in [-0.1, -0.05) is 29.8 Å². The minimum Gasteiger partial charge on any atom is -0.361 e. The highest BCUT2D eigenvalue weighted by molar-refractivity contribution is 5.81. The molecule has 2 heterocycles. The molecule has 0 aliphatic carbocycles. The number of anilines is 1. The van der Waals surface area contributed by atoms with E-state index in [0.717, 1.165) is 15.7 Å². The van der Waals surface area contributed by atoms with Gasteiger partial charge < -0.3 is 4.90 Å². The van der Waals surface area contributed by atoms with Crippen molar-refractivity contribution in [3.63, 3.8) is 0 Å². The van der Waals surface area contributed by atoms with E-state index in [2.05, 4.69) is 9.97 Å². The molecule has 3 aromatic rings. The second kappa shape index (κ2) is 5.59. The van der Waals surface area contributed by atoms with Gasteiger partial charge in [0.05, 0.1) is 0 Å². The number of nitrogens with zero attached hydrogens (tertiary/aromatic N) is 5. The van der Waals surface area contributed by atoms with Crippen LogP contribution in [0.25, 0.3) is 22.4 Å². The fourth-order valence-electron chi connectivity index (χ4n) is 2.57. The van der Waals surface area contributed by atoms with Crippen LogP contribution in [0.2, 0.25) is 0 Å². The second-order valence-electron chi connectivity index (χ2n) is 6.03. The number of hydrogen-bond acceptors (Lipinski definition) is 5. The fourth-order valence-corrected chi connectivity index (χ4v) is 2.57. The van der Waals surface area contributed by atoms with Crippen LogP contribution in [-0.4, -0.2) is 33.2 Å². The lowest BCUT2D eigenvalue weighted by atomic mass is 10.1. The molecule has 0 unspecified atom stereocenters. The summed E-state index contributed by atoms with van der Waals surface area (Å²) in [6, 6.07) is 7.87. The molecule has 7 heteroatoms. The van der Waals surface area contributed by atoms with Gasteiger partial charge in [0.15, 0.2) is 17.0 Å². The van der Waals surface area contributed by atoms with E-state index in [9.17, 15) is 9.59 Å². The summed E-state index contributed by atoms with van der Waals surface area (Å²) in [6.45, 7) is 2.01. The summed E-state index contributed by atoms with van der Waals surface area (Å²) in [7, 11) is 6.74. The van der Waals surface area contributed by atoms with Crippen molar-refractivity contribution in [2.24, 2.45) is 14.1 Å². The number of aryl methyl sites for hydroxylation is 2. The van der Waals surface area contributed by atoms with E-state index in [0.29, 0.717) is 11.5 Å². The van der Waals surface area contributed by atoms with Crippen LogP contribution in [0.3, 0.4) is 0 Å². The number of fused-ring (bicyclic) bond motifs is 1. The zero-order valence-electron chi connectivity index (χ0n) is 14.4. The summed E-state index contributed by atoms with van der Waals surface area (Å²) in [5.41, 5.74) is 2.22. The molecular weight excluding hydrogens is 306 g/mol. The summed E-state index contributed by atoms with van der Waals surface area (Å²) in [5, 5.41) is 0. The zero-order chi connectivity index (χ0) is 17.6. The Morgan fingerprint density at radius 2 is 1.58 bits per heavy atom. The van der Waals surface area contributed by atoms with Crippen LogP contribution < -0.4 is 16.1 Å². The Hall–Kier alpha value is -2.96. The Morgan fingerprint density at radius 3 is 2.17 bits per heavy atom. The molecule has 0 bridgehead atoms. The second-order valence-corrected chi connectivity index (χ2v) is 6.03. The normalized spacial score (nSPS) is 11.0. The van der Waals surface area contributed by atoms with Crippen molar-refractivity contribution in [3.8, 4) is 11.3 Å². The minimum atomic E-state index is -0.445. The van der Waals surface area contributed by atoms with Crippen LogP contribution in [0.4, 0.5) is 5.82 Å². The van der Waals surface area contributed by atoms with Crippen LogP contribution in [0.15, 0.2) is 33.9 Å². The molecule has 0 atom stereocenters. The summed E-state index contributed by atoms with van der Waals surface area (Å²) < 4.78 is 2.39. The van der Waals surface area contributed by atoms with Crippen molar-refractivity contribution in [1.29, 1.82) is 0 Å². The zero-order valence-corrected chi connectivity index (χ0v) is 14.4. The van der Waals surface area contributed by atoms with Crippen molar-refractivity contribution in [1.82, 2.24) is 19.1 Å². The lowest BCUT2D eigenvalue weighted by molar-refractivity contribution is 0.704. The third-order valence-corrected chi connectivity index (χ3v) is 4.01.